The van der Waals surface area contributed by atoms with Crippen LogP contribution in [-0.2, 0) is 6.42 Å². The number of likely N-dealkylation sites (N-methyl/N-ethyl adjacent to an activating group) is 1. The maximum atomic E-state index is 2.67. The Balaban J connectivity index is 2.15. The first-order chi connectivity index (χ1) is 10.6. The van der Waals surface area contributed by atoms with Crippen molar-refractivity contribution in [2.45, 2.75) is 58.9 Å². The van der Waals surface area contributed by atoms with Crippen LogP contribution in [0.3, 0.4) is 0 Å². The normalized spacial score (nSPS) is 30.0. The summed E-state index contributed by atoms with van der Waals surface area (Å²) >= 11 is 0. The summed E-state index contributed by atoms with van der Waals surface area (Å²) in [6.45, 7) is 13.1. The van der Waals surface area contributed by atoms with Gasteiger partial charge in [-0.25, -0.2) is 0 Å². The highest BCUT2D eigenvalue weighted by atomic mass is 15.2. The molecule has 1 aliphatic carbocycles. The highest BCUT2D eigenvalue weighted by Gasteiger charge is 2.40. The average Bonchev–Trinajstić information content (AvgIpc) is 2.95. The largest absolute Gasteiger partial charge is 0.368 e. The smallest absolute Gasteiger partial charge is 0.0449 e. The number of nitrogens with zero attached hydrogens (tertiary/aromatic N) is 1. The molecule has 0 amide bonds. The maximum Gasteiger partial charge on any atom is 0.0449 e. The van der Waals surface area contributed by atoms with Crippen molar-refractivity contribution in [3.8, 4) is 0 Å². The predicted molar refractivity (Wildman–Crippen MR) is 96.1 cm³/mol. The Hall–Kier alpha value is -1.50. The van der Waals surface area contributed by atoms with Crippen LogP contribution in [0.1, 0.15) is 63.1 Å². The van der Waals surface area contributed by atoms with Gasteiger partial charge in [0, 0.05) is 24.2 Å². The van der Waals surface area contributed by atoms with Crippen LogP contribution < -0.4 is 4.90 Å². The Morgan fingerprint density at radius 3 is 2.32 bits per heavy atom. The van der Waals surface area contributed by atoms with E-state index in [1.165, 1.54) is 17.2 Å². The third kappa shape index (κ3) is 1.60. The van der Waals surface area contributed by atoms with Gasteiger partial charge < -0.3 is 4.90 Å². The molecule has 22 heavy (non-hydrogen) atoms. The lowest BCUT2D eigenvalue weighted by Crippen LogP contribution is -2.31. The molecule has 0 fully saturated rings. The van der Waals surface area contributed by atoms with Gasteiger partial charge in [0.25, 0.3) is 0 Å². The number of rotatable bonds is 1. The SMILES string of the molecule is CCN1c2c3c(c4ccccc4c2[C@H](C)[C@@H]1C)C[C@@H](C)[C@H]3C. The first-order valence-corrected chi connectivity index (χ1v) is 8.90. The molecule has 1 aliphatic heterocycles. The topological polar surface area (TPSA) is 3.24 Å². The van der Waals surface area contributed by atoms with Crippen LogP contribution in [-0.4, -0.2) is 12.6 Å². The van der Waals surface area contributed by atoms with E-state index in [-0.39, 0.29) is 0 Å². The minimum Gasteiger partial charge on any atom is -0.368 e. The molecule has 0 unspecified atom stereocenters. The fraction of sp³-hybridized carbons (Fsp3) is 0.524. The van der Waals surface area contributed by atoms with Gasteiger partial charge in [0.1, 0.15) is 0 Å². The van der Waals surface area contributed by atoms with E-state index in [1.807, 2.05) is 0 Å². The molecular formula is C21H27N. The highest BCUT2D eigenvalue weighted by Crippen LogP contribution is 2.54. The van der Waals surface area contributed by atoms with Crippen molar-refractivity contribution in [2.75, 3.05) is 11.4 Å². The van der Waals surface area contributed by atoms with Gasteiger partial charge in [0.05, 0.1) is 0 Å². The van der Waals surface area contributed by atoms with Crippen molar-refractivity contribution < 1.29 is 0 Å². The lowest BCUT2D eigenvalue weighted by atomic mass is 9.87. The quantitative estimate of drug-likeness (QED) is 0.674. The number of anilines is 1. The van der Waals surface area contributed by atoms with E-state index in [2.05, 4.69) is 63.8 Å². The molecule has 0 radical (unpaired) electrons. The van der Waals surface area contributed by atoms with E-state index in [9.17, 15) is 0 Å². The van der Waals surface area contributed by atoms with Crippen LogP contribution >= 0.6 is 0 Å². The van der Waals surface area contributed by atoms with Crippen molar-refractivity contribution in [1.82, 2.24) is 0 Å². The molecule has 2 aliphatic rings. The van der Waals surface area contributed by atoms with Gasteiger partial charge in [-0.3, -0.25) is 0 Å². The molecule has 0 N–H and O–H groups in total. The van der Waals surface area contributed by atoms with Crippen LogP contribution in [0.2, 0.25) is 0 Å². The second-order valence-corrected chi connectivity index (χ2v) is 7.49. The van der Waals surface area contributed by atoms with Crippen molar-refractivity contribution >= 4 is 16.5 Å². The van der Waals surface area contributed by atoms with Crippen LogP contribution in [0.5, 0.6) is 0 Å². The molecule has 2 aromatic carbocycles. The van der Waals surface area contributed by atoms with Crippen molar-refractivity contribution in [1.29, 1.82) is 0 Å². The second kappa shape index (κ2) is 4.75. The number of hydrogen-bond acceptors (Lipinski definition) is 1. The van der Waals surface area contributed by atoms with Gasteiger partial charge in [-0.05, 0) is 59.6 Å². The number of hydrogen-bond donors (Lipinski definition) is 0. The van der Waals surface area contributed by atoms with E-state index in [4.69, 9.17) is 0 Å². The van der Waals surface area contributed by atoms with Gasteiger partial charge in [0.15, 0.2) is 0 Å². The van der Waals surface area contributed by atoms with Gasteiger partial charge in [-0.15, -0.1) is 0 Å². The summed E-state index contributed by atoms with van der Waals surface area (Å²) in [5.74, 6) is 2.06. The first-order valence-electron chi connectivity index (χ1n) is 8.90. The summed E-state index contributed by atoms with van der Waals surface area (Å²) in [5.41, 5.74) is 6.51. The zero-order chi connectivity index (χ0) is 15.6. The Kier molecular flexibility index (Phi) is 3.04. The Morgan fingerprint density at radius 1 is 0.955 bits per heavy atom. The fourth-order valence-corrected chi connectivity index (χ4v) is 4.97. The van der Waals surface area contributed by atoms with E-state index in [0.29, 0.717) is 17.9 Å². The minimum atomic E-state index is 0.609. The Bertz CT molecular complexity index is 745. The first kappa shape index (κ1) is 14.1. The minimum absolute atomic E-state index is 0.609. The lowest BCUT2D eigenvalue weighted by Gasteiger charge is -2.27. The number of benzene rings is 2. The van der Waals surface area contributed by atoms with Crippen LogP contribution in [0.25, 0.3) is 10.8 Å². The highest BCUT2D eigenvalue weighted by molar-refractivity contribution is 5.98. The van der Waals surface area contributed by atoms with E-state index >= 15 is 0 Å². The summed E-state index contributed by atoms with van der Waals surface area (Å²) < 4.78 is 0. The van der Waals surface area contributed by atoms with Crippen molar-refractivity contribution in [3.05, 3.63) is 41.0 Å². The molecule has 1 heteroatoms. The molecule has 0 saturated carbocycles. The van der Waals surface area contributed by atoms with Gasteiger partial charge in [-0.1, -0.05) is 45.0 Å². The molecule has 1 nitrogen and oxygen atoms in total. The summed E-state index contributed by atoms with van der Waals surface area (Å²) in [6.07, 6.45) is 1.24. The molecule has 0 spiro atoms. The fourth-order valence-electron chi connectivity index (χ4n) is 4.97. The molecule has 1 heterocycles. The number of fused-ring (bicyclic) bond motifs is 6. The lowest BCUT2D eigenvalue weighted by molar-refractivity contribution is 0.531. The standard InChI is InChI=1S/C21H27N/c1-6-22-15(5)14(4)20-17-10-8-7-9-16(17)18-11-12(2)13(3)19(18)21(20)22/h7-10,12-15H,6,11H2,1-5H3/t12-,13-,14-,15+/m1/s1. The van der Waals surface area contributed by atoms with E-state index in [1.54, 1.807) is 22.4 Å². The molecule has 116 valence electrons. The molecule has 0 aromatic heterocycles. The van der Waals surface area contributed by atoms with Gasteiger partial charge in [-0.2, -0.15) is 0 Å². The van der Waals surface area contributed by atoms with Gasteiger partial charge in [0.2, 0.25) is 0 Å². The zero-order valence-electron chi connectivity index (χ0n) is 14.5. The zero-order valence-corrected chi connectivity index (χ0v) is 14.5. The summed E-state index contributed by atoms with van der Waals surface area (Å²) in [5, 5.41) is 3.03. The summed E-state index contributed by atoms with van der Waals surface area (Å²) in [4.78, 5) is 2.67. The molecule has 4 atom stereocenters. The summed E-state index contributed by atoms with van der Waals surface area (Å²) in [6, 6.07) is 9.74. The Labute approximate surface area is 134 Å². The third-order valence-electron chi connectivity index (χ3n) is 6.51. The van der Waals surface area contributed by atoms with Crippen LogP contribution in [0.15, 0.2) is 24.3 Å². The molecule has 4 rings (SSSR count). The Morgan fingerprint density at radius 2 is 1.64 bits per heavy atom. The molecule has 0 bridgehead atoms. The van der Waals surface area contributed by atoms with Crippen LogP contribution in [0, 0.1) is 5.92 Å². The molecule has 0 saturated heterocycles. The second-order valence-electron chi connectivity index (χ2n) is 7.49. The van der Waals surface area contributed by atoms with Crippen molar-refractivity contribution in [2.24, 2.45) is 5.92 Å². The predicted octanol–water partition coefficient (Wildman–Crippen LogP) is 5.47. The van der Waals surface area contributed by atoms with Crippen LogP contribution in [0.4, 0.5) is 5.69 Å². The third-order valence-corrected chi connectivity index (χ3v) is 6.51. The average molecular weight is 293 g/mol. The molecular weight excluding hydrogens is 266 g/mol. The van der Waals surface area contributed by atoms with E-state index in [0.717, 1.165) is 12.5 Å². The summed E-state index contributed by atoms with van der Waals surface area (Å²) in [7, 11) is 0. The van der Waals surface area contributed by atoms with Crippen molar-refractivity contribution in [3.63, 3.8) is 0 Å². The monoisotopic (exact) mass is 293 g/mol. The van der Waals surface area contributed by atoms with Gasteiger partial charge >= 0.3 is 0 Å². The van der Waals surface area contributed by atoms with E-state index < -0.39 is 0 Å². The maximum absolute atomic E-state index is 2.67. The molecule has 2 aromatic rings.